The monoisotopic (exact) mass is 391 g/mol. The molecule has 1 aliphatic rings. The number of para-hydroxylation sites is 2. The van der Waals surface area contributed by atoms with E-state index in [2.05, 4.69) is 10.6 Å². The Kier molecular flexibility index (Phi) is 6.61. The third-order valence-electron chi connectivity index (χ3n) is 3.74. The van der Waals surface area contributed by atoms with Gasteiger partial charge in [0.1, 0.15) is 5.75 Å². The highest BCUT2D eigenvalue weighted by Gasteiger charge is 2.30. The fraction of sp³-hybridized carbons (Fsp3) is 0.474. The van der Waals surface area contributed by atoms with Gasteiger partial charge in [-0.2, -0.15) is 0 Å². The van der Waals surface area contributed by atoms with E-state index < -0.39 is 36.0 Å². The van der Waals surface area contributed by atoms with Gasteiger partial charge in [0.25, 0.3) is 11.8 Å². The molecule has 9 nitrogen and oxygen atoms in total. The van der Waals surface area contributed by atoms with Crippen LogP contribution in [-0.4, -0.2) is 60.4 Å². The van der Waals surface area contributed by atoms with Crippen LogP contribution in [-0.2, 0) is 23.9 Å². The van der Waals surface area contributed by atoms with Gasteiger partial charge in [-0.3, -0.25) is 19.2 Å². The lowest BCUT2D eigenvalue weighted by atomic mass is 10.1. The number of hydrogen-bond acceptors (Lipinski definition) is 6. The number of hydrogen-bond donors (Lipinski definition) is 2. The van der Waals surface area contributed by atoms with E-state index in [9.17, 15) is 19.2 Å². The number of benzene rings is 1. The van der Waals surface area contributed by atoms with Crippen molar-refractivity contribution in [3.05, 3.63) is 24.3 Å². The van der Waals surface area contributed by atoms with Crippen LogP contribution in [0.5, 0.6) is 5.75 Å². The Morgan fingerprint density at radius 2 is 1.93 bits per heavy atom. The Morgan fingerprint density at radius 3 is 2.61 bits per heavy atom. The van der Waals surface area contributed by atoms with Crippen LogP contribution in [0.25, 0.3) is 0 Å². The van der Waals surface area contributed by atoms with E-state index in [1.165, 1.54) is 7.05 Å². The van der Waals surface area contributed by atoms with Crippen molar-refractivity contribution in [2.75, 3.05) is 25.5 Å². The smallest absolute Gasteiger partial charge is 0.310 e. The van der Waals surface area contributed by atoms with Crippen LogP contribution in [0.1, 0.15) is 27.2 Å². The third-order valence-corrected chi connectivity index (χ3v) is 3.74. The zero-order valence-corrected chi connectivity index (χ0v) is 16.4. The molecular formula is C19H25N3O6. The van der Waals surface area contributed by atoms with Gasteiger partial charge in [-0.1, -0.05) is 12.1 Å². The molecule has 3 amide bonds. The number of carbonyl (C=O) groups is 4. The normalized spacial score (nSPS) is 15.6. The maximum absolute atomic E-state index is 12.0. The molecular weight excluding hydrogens is 366 g/mol. The van der Waals surface area contributed by atoms with Crippen LogP contribution in [0.4, 0.5) is 5.69 Å². The number of amides is 3. The number of fused-ring (bicyclic) bond motifs is 1. The molecule has 1 aromatic carbocycles. The van der Waals surface area contributed by atoms with Crippen LogP contribution in [0.2, 0.25) is 0 Å². The third kappa shape index (κ3) is 6.26. The molecule has 152 valence electrons. The Hall–Kier alpha value is -3.10. The van der Waals surface area contributed by atoms with Crippen molar-refractivity contribution in [2.45, 2.75) is 38.8 Å². The number of nitrogens with zero attached hydrogens (tertiary/aromatic N) is 1. The first-order valence-corrected chi connectivity index (χ1v) is 8.82. The van der Waals surface area contributed by atoms with Crippen LogP contribution >= 0.6 is 0 Å². The summed E-state index contributed by atoms with van der Waals surface area (Å²) < 4.78 is 10.4. The second-order valence-electron chi connectivity index (χ2n) is 7.50. The molecule has 0 aliphatic carbocycles. The number of likely N-dealkylation sites (N-methyl/N-ethyl adjacent to an activating group) is 1. The summed E-state index contributed by atoms with van der Waals surface area (Å²) in [4.78, 5) is 49.0. The van der Waals surface area contributed by atoms with E-state index in [4.69, 9.17) is 9.47 Å². The van der Waals surface area contributed by atoms with Crippen molar-refractivity contribution < 1.29 is 28.7 Å². The average molecular weight is 391 g/mol. The second kappa shape index (κ2) is 8.73. The maximum atomic E-state index is 12.0. The van der Waals surface area contributed by atoms with E-state index in [1.807, 2.05) is 20.8 Å². The lowest BCUT2D eigenvalue weighted by molar-refractivity contribution is -0.154. The molecule has 1 aromatic rings. The number of ether oxygens (including phenoxy) is 2. The van der Waals surface area contributed by atoms with Crippen LogP contribution in [0.3, 0.4) is 0 Å². The molecule has 0 radical (unpaired) electrons. The summed E-state index contributed by atoms with van der Waals surface area (Å²) in [7, 11) is 1.44. The lowest BCUT2D eigenvalue weighted by Gasteiger charge is -2.25. The van der Waals surface area contributed by atoms with Gasteiger partial charge in [-0.25, -0.2) is 0 Å². The lowest BCUT2D eigenvalue weighted by Crippen LogP contribution is -2.47. The molecule has 1 aliphatic heterocycles. The molecule has 28 heavy (non-hydrogen) atoms. The maximum Gasteiger partial charge on any atom is 0.310 e. The molecule has 0 fully saturated rings. The minimum absolute atomic E-state index is 0.154. The molecule has 0 bridgehead atoms. The molecule has 0 saturated carbocycles. The van der Waals surface area contributed by atoms with E-state index in [-0.39, 0.29) is 18.9 Å². The topological polar surface area (TPSA) is 114 Å². The number of anilines is 1. The van der Waals surface area contributed by atoms with Crippen molar-refractivity contribution >= 4 is 29.4 Å². The van der Waals surface area contributed by atoms with Gasteiger partial charge in [0.2, 0.25) is 5.91 Å². The predicted molar refractivity (Wildman–Crippen MR) is 101 cm³/mol. The fourth-order valence-electron chi connectivity index (χ4n) is 2.45. The Labute approximate surface area is 163 Å². The highest BCUT2D eigenvalue weighted by atomic mass is 16.5. The predicted octanol–water partition coefficient (Wildman–Crippen LogP) is 0.693. The minimum atomic E-state index is -1.03. The molecule has 0 unspecified atom stereocenters. The largest absolute Gasteiger partial charge is 0.478 e. The van der Waals surface area contributed by atoms with Gasteiger partial charge in [0, 0.05) is 12.6 Å². The average Bonchev–Trinajstić information content (AvgIpc) is 2.58. The van der Waals surface area contributed by atoms with E-state index >= 15 is 0 Å². The van der Waals surface area contributed by atoms with Crippen molar-refractivity contribution in [3.63, 3.8) is 0 Å². The molecule has 0 spiro atoms. The van der Waals surface area contributed by atoms with Gasteiger partial charge in [0.15, 0.2) is 12.7 Å². The van der Waals surface area contributed by atoms with Gasteiger partial charge in [-0.15, -0.1) is 0 Å². The van der Waals surface area contributed by atoms with Gasteiger partial charge >= 0.3 is 5.97 Å². The second-order valence-corrected chi connectivity index (χ2v) is 7.50. The standard InChI is InChI=1S/C19H25N3O6/c1-19(2,3)21-15(23)10-22(4)16(24)11-27-17(25)9-14-18(26)20-12-7-5-6-8-13(12)28-14/h5-8,14H,9-11H2,1-4H3,(H,20,26)(H,21,23)/t14-/m0/s1. The van der Waals surface area contributed by atoms with Crippen molar-refractivity contribution in [1.29, 1.82) is 0 Å². The molecule has 1 heterocycles. The van der Waals surface area contributed by atoms with Crippen LogP contribution in [0, 0.1) is 0 Å². The van der Waals surface area contributed by atoms with E-state index in [0.717, 1.165) is 4.90 Å². The number of nitrogens with one attached hydrogen (secondary N) is 2. The zero-order chi connectivity index (χ0) is 20.9. The first-order chi connectivity index (χ1) is 13.0. The van der Waals surface area contributed by atoms with E-state index in [1.54, 1.807) is 24.3 Å². The summed E-state index contributed by atoms with van der Waals surface area (Å²) in [5.74, 6) is -1.60. The van der Waals surface area contributed by atoms with Crippen LogP contribution in [0.15, 0.2) is 24.3 Å². The first-order valence-electron chi connectivity index (χ1n) is 8.82. The molecule has 9 heteroatoms. The SMILES string of the molecule is CN(CC(=O)NC(C)(C)C)C(=O)COC(=O)C[C@@H]1Oc2ccccc2NC1=O. The summed E-state index contributed by atoms with van der Waals surface area (Å²) in [6.45, 7) is 4.81. The number of rotatable bonds is 6. The molecule has 2 rings (SSSR count). The summed E-state index contributed by atoms with van der Waals surface area (Å²) in [5, 5.41) is 5.38. The molecule has 0 aromatic heterocycles. The van der Waals surface area contributed by atoms with Gasteiger partial charge in [0.05, 0.1) is 18.7 Å². The Balaban J connectivity index is 1.78. The summed E-state index contributed by atoms with van der Waals surface area (Å²) in [5.41, 5.74) is 0.120. The number of carbonyl (C=O) groups excluding carboxylic acids is 4. The zero-order valence-electron chi connectivity index (χ0n) is 16.4. The fourth-order valence-corrected chi connectivity index (χ4v) is 2.45. The Bertz CT molecular complexity index is 771. The minimum Gasteiger partial charge on any atom is -0.478 e. The Morgan fingerprint density at radius 1 is 1.25 bits per heavy atom. The van der Waals surface area contributed by atoms with Crippen molar-refractivity contribution in [1.82, 2.24) is 10.2 Å². The van der Waals surface area contributed by atoms with Gasteiger partial charge < -0.3 is 25.0 Å². The first kappa shape index (κ1) is 21.2. The summed E-state index contributed by atoms with van der Waals surface area (Å²) in [6, 6.07) is 6.86. The quantitative estimate of drug-likeness (QED) is 0.690. The molecule has 0 saturated heterocycles. The van der Waals surface area contributed by atoms with Crippen molar-refractivity contribution in [2.24, 2.45) is 0 Å². The van der Waals surface area contributed by atoms with Crippen LogP contribution < -0.4 is 15.4 Å². The highest BCUT2D eigenvalue weighted by molar-refractivity contribution is 5.99. The van der Waals surface area contributed by atoms with Crippen molar-refractivity contribution in [3.8, 4) is 5.75 Å². The summed E-state index contributed by atoms with van der Waals surface area (Å²) in [6.07, 6.45) is -1.37. The van der Waals surface area contributed by atoms with Gasteiger partial charge in [-0.05, 0) is 32.9 Å². The number of esters is 1. The molecule has 1 atom stereocenters. The summed E-state index contributed by atoms with van der Waals surface area (Å²) >= 11 is 0. The highest BCUT2D eigenvalue weighted by Crippen LogP contribution is 2.29. The van der Waals surface area contributed by atoms with E-state index in [0.29, 0.717) is 11.4 Å². The molecule has 2 N–H and O–H groups in total.